The van der Waals surface area contributed by atoms with Crippen molar-refractivity contribution in [3.8, 4) is 0 Å². The molecule has 1 nitrogen and oxygen atoms in total. The summed E-state index contributed by atoms with van der Waals surface area (Å²) in [5, 5.41) is 1.18. The van der Waals surface area contributed by atoms with Gasteiger partial charge in [-0.15, -0.1) is 0 Å². The second kappa shape index (κ2) is 6.02. The highest BCUT2D eigenvalue weighted by Gasteiger charge is 2.21. The van der Waals surface area contributed by atoms with Crippen molar-refractivity contribution in [2.45, 2.75) is 45.6 Å². The second-order valence-corrected chi connectivity index (χ2v) is 4.94. The Morgan fingerprint density at radius 3 is 2.92 bits per heavy atom. The normalized spacial score (nSPS) is 27.5. The number of hydrogen-bond donors (Lipinski definition) is 0. The Morgan fingerprint density at radius 1 is 1.54 bits per heavy atom. The van der Waals surface area contributed by atoms with Crippen LogP contribution in [-0.2, 0) is 0 Å². The van der Waals surface area contributed by atoms with Gasteiger partial charge >= 0.3 is 0 Å². The molecule has 0 N–H and O–H groups in total. The molecular formula is C11H22BrN. The van der Waals surface area contributed by atoms with Gasteiger partial charge in [-0.2, -0.15) is 0 Å². The van der Waals surface area contributed by atoms with E-state index in [0.29, 0.717) is 0 Å². The van der Waals surface area contributed by atoms with E-state index >= 15 is 0 Å². The summed E-state index contributed by atoms with van der Waals surface area (Å²) in [6, 6.07) is 0.798. The Bertz CT molecular complexity index is 138. The third-order valence-electron chi connectivity index (χ3n) is 3.10. The fraction of sp³-hybridized carbons (Fsp3) is 1.00. The highest BCUT2D eigenvalue weighted by molar-refractivity contribution is 9.09. The number of likely N-dealkylation sites (tertiary alicyclic amines) is 1. The Balaban J connectivity index is 2.32. The summed E-state index contributed by atoms with van der Waals surface area (Å²) in [5.74, 6) is 0.896. The van der Waals surface area contributed by atoms with E-state index in [2.05, 4.69) is 34.7 Å². The molecule has 1 fully saturated rings. The van der Waals surface area contributed by atoms with Crippen LogP contribution in [0.1, 0.15) is 39.5 Å². The summed E-state index contributed by atoms with van der Waals surface area (Å²) in [4.78, 5) is 2.67. The fourth-order valence-electron chi connectivity index (χ4n) is 2.22. The van der Waals surface area contributed by atoms with Crippen LogP contribution >= 0.6 is 15.9 Å². The first kappa shape index (κ1) is 11.5. The molecule has 0 aromatic heterocycles. The predicted octanol–water partition coefficient (Wildman–Crippen LogP) is 3.28. The van der Waals surface area contributed by atoms with Crippen LogP contribution in [0.5, 0.6) is 0 Å². The van der Waals surface area contributed by atoms with Gasteiger partial charge in [-0.25, -0.2) is 0 Å². The molecular weight excluding hydrogens is 226 g/mol. The zero-order valence-corrected chi connectivity index (χ0v) is 10.5. The lowest BCUT2D eigenvalue weighted by atomic mass is 9.98. The van der Waals surface area contributed by atoms with Crippen LogP contribution in [0.15, 0.2) is 0 Å². The van der Waals surface area contributed by atoms with Gasteiger partial charge in [-0.1, -0.05) is 29.3 Å². The van der Waals surface area contributed by atoms with Gasteiger partial charge < -0.3 is 4.90 Å². The molecule has 1 aliphatic rings. The molecule has 78 valence electrons. The summed E-state index contributed by atoms with van der Waals surface area (Å²) in [6.45, 7) is 7.29. The third-order valence-corrected chi connectivity index (χ3v) is 4.01. The lowest BCUT2D eigenvalue weighted by Gasteiger charge is -2.36. The average molecular weight is 248 g/mol. The molecule has 1 heterocycles. The summed E-state index contributed by atoms with van der Waals surface area (Å²) in [6.07, 6.45) is 5.48. The standard InChI is InChI=1S/C11H22BrN/c1-3-5-10(2)13-7-4-6-11(8-12)9-13/h10-11H,3-9H2,1-2H3. The molecule has 0 radical (unpaired) electrons. The summed E-state index contributed by atoms with van der Waals surface area (Å²) < 4.78 is 0. The van der Waals surface area contributed by atoms with Crippen molar-refractivity contribution in [2.24, 2.45) is 5.92 Å². The maximum Gasteiger partial charge on any atom is 0.00718 e. The van der Waals surface area contributed by atoms with E-state index in [4.69, 9.17) is 0 Å². The maximum atomic E-state index is 3.60. The van der Waals surface area contributed by atoms with Gasteiger partial charge in [-0.05, 0) is 38.6 Å². The van der Waals surface area contributed by atoms with Gasteiger partial charge in [-0.3, -0.25) is 0 Å². The third kappa shape index (κ3) is 3.59. The average Bonchev–Trinajstić information content (AvgIpc) is 2.18. The quantitative estimate of drug-likeness (QED) is 0.690. The molecule has 2 unspecified atom stereocenters. The second-order valence-electron chi connectivity index (χ2n) is 4.30. The Labute approximate surface area is 91.0 Å². The van der Waals surface area contributed by atoms with E-state index in [1.54, 1.807) is 0 Å². The van der Waals surface area contributed by atoms with Crippen LogP contribution < -0.4 is 0 Å². The molecule has 0 aromatic carbocycles. The van der Waals surface area contributed by atoms with E-state index in [0.717, 1.165) is 12.0 Å². The number of alkyl halides is 1. The van der Waals surface area contributed by atoms with E-state index in [1.165, 1.54) is 44.1 Å². The van der Waals surface area contributed by atoms with Crippen molar-refractivity contribution < 1.29 is 0 Å². The number of halogens is 1. The molecule has 1 aliphatic heterocycles. The van der Waals surface area contributed by atoms with E-state index in [1.807, 2.05) is 0 Å². The first-order valence-corrected chi connectivity index (χ1v) is 6.70. The fourth-order valence-corrected chi connectivity index (χ4v) is 2.75. The zero-order valence-electron chi connectivity index (χ0n) is 8.93. The Morgan fingerprint density at radius 2 is 2.31 bits per heavy atom. The van der Waals surface area contributed by atoms with Crippen LogP contribution in [0.2, 0.25) is 0 Å². The van der Waals surface area contributed by atoms with Crippen LogP contribution in [0, 0.1) is 5.92 Å². The van der Waals surface area contributed by atoms with Crippen molar-refractivity contribution in [3.05, 3.63) is 0 Å². The summed E-state index contributed by atoms with van der Waals surface area (Å²) >= 11 is 3.60. The first-order chi connectivity index (χ1) is 6.27. The number of nitrogens with zero attached hydrogens (tertiary/aromatic N) is 1. The highest BCUT2D eigenvalue weighted by atomic mass is 79.9. The molecule has 0 aliphatic carbocycles. The van der Waals surface area contributed by atoms with Crippen molar-refractivity contribution in [2.75, 3.05) is 18.4 Å². The van der Waals surface area contributed by atoms with E-state index < -0.39 is 0 Å². The monoisotopic (exact) mass is 247 g/mol. The largest absolute Gasteiger partial charge is 0.300 e. The minimum atomic E-state index is 0.798. The van der Waals surface area contributed by atoms with E-state index in [9.17, 15) is 0 Å². The topological polar surface area (TPSA) is 3.24 Å². The molecule has 1 saturated heterocycles. The van der Waals surface area contributed by atoms with Gasteiger partial charge in [0.25, 0.3) is 0 Å². The molecule has 0 aromatic rings. The summed E-state index contributed by atoms with van der Waals surface area (Å²) in [5.41, 5.74) is 0. The van der Waals surface area contributed by atoms with Crippen molar-refractivity contribution in [3.63, 3.8) is 0 Å². The first-order valence-electron chi connectivity index (χ1n) is 5.58. The molecule has 0 saturated carbocycles. The van der Waals surface area contributed by atoms with Gasteiger partial charge in [0.2, 0.25) is 0 Å². The number of hydrogen-bond acceptors (Lipinski definition) is 1. The molecule has 13 heavy (non-hydrogen) atoms. The van der Waals surface area contributed by atoms with Crippen LogP contribution in [-0.4, -0.2) is 29.4 Å². The van der Waals surface area contributed by atoms with E-state index in [-0.39, 0.29) is 0 Å². The van der Waals surface area contributed by atoms with Gasteiger partial charge in [0.1, 0.15) is 0 Å². The molecule has 2 atom stereocenters. The minimum Gasteiger partial charge on any atom is -0.300 e. The molecule has 0 spiro atoms. The summed E-state index contributed by atoms with van der Waals surface area (Å²) in [7, 11) is 0. The zero-order chi connectivity index (χ0) is 9.68. The lowest BCUT2D eigenvalue weighted by Crippen LogP contribution is -2.41. The number of piperidine rings is 1. The van der Waals surface area contributed by atoms with Gasteiger partial charge in [0.05, 0.1) is 0 Å². The molecule has 1 rings (SSSR count). The lowest BCUT2D eigenvalue weighted by molar-refractivity contribution is 0.134. The smallest absolute Gasteiger partial charge is 0.00718 e. The predicted molar refractivity (Wildman–Crippen MR) is 62.5 cm³/mol. The SMILES string of the molecule is CCCC(C)N1CCCC(CBr)C1. The van der Waals surface area contributed by atoms with Crippen LogP contribution in [0.3, 0.4) is 0 Å². The maximum absolute atomic E-state index is 3.60. The number of rotatable bonds is 4. The van der Waals surface area contributed by atoms with Crippen molar-refractivity contribution in [1.29, 1.82) is 0 Å². The minimum absolute atomic E-state index is 0.798. The molecule has 0 bridgehead atoms. The van der Waals surface area contributed by atoms with Crippen molar-refractivity contribution >= 4 is 15.9 Å². The van der Waals surface area contributed by atoms with Crippen LogP contribution in [0.4, 0.5) is 0 Å². The van der Waals surface area contributed by atoms with Crippen LogP contribution in [0.25, 0.3) is 0 Å². The highest BCUT2D eigenvalue weighted by Crippen LogP contribution is 2.21. The molecule has 2 heteroatoms. The Hall–Kier alpha value is 0.440. The van der Waals surface area contributed by atoms with Gasteiger partial charge in [0.15, 0.2) is 0 Å². The van der Waals surface area contributed by atoms with Crippen molar-refractivity contribution in [1.82, 2.24) is 4.90 Å². The van der Waals surface area contributed by atoms with Gasteiger partial charge in [0, 0.05) is 17.9 Å². The molecule has 0 amide bonds. The Kier molecular flexibility index (Phi) is 5.34.